The molecule has 2 N–H and O–H groups in total. The van der Waals surface area contributed by atoms with Gasteiger partial charge in [0.05, 0.1) is 3.79 Å². The van der Waals surface area contributed by atoms with E-state index in [4.69, 9.17) is 0 Å². The summed E-state index contributed by atoms with van der Waals surface area (Å²) in [4.78, 5) is 14.3. The Morgan fingerprint density at radius 2 is 2.17 bits per heavy atom. The first-order valence-electron chi connectivity index (χ1n) is 6.02. The third-order valence-electron chi connectivity index (χ3n) is 2.80. The highest BCUT2D eigenvalue weighted by Gasteiger charge is 2.20. The van der Waals surface area contributed by atoms with Crippen molar-refractivity contribution in [3.63, 3.8) is 0 Å². The molecule has 1 aromatic heterocycles. The molecule has 1 atom stereocenters. The Balaban J connectivity index is 2.52. The predicted octanol–water partition coefficient (Wildman–Crippen LogP) is 2.57. The van der Waals surface area contributed by atoms with Gasteiger partial charge in [0.25, 0.3) is 0 Å². The zero-order valence-corrected chi connectivity index (χ0v) is 13.1. The first-order valence-corrected chi connectivity index (χ1v) is 7.63. The highest BCUT2D eigenvalue weighted by Crippen LogP contribution is 2.27. The minimum atomic E-state index is -0.830. The Labute approximate surface area is 120 Å². The van der Waals surface area contributed by atoms with Crippen molar-refractivity contribution < 1.29 is 9.90 Å². The summed E-state index contributed by atoms with van der Waals surface area (Å²) in [7, 11) is 0. The molecule has 0 bridgehead atoms. The topological polar surface area (TPSA) is 52.6 Å². The third kappa shape index (κ3) is 4.68. The quantitative estimate of drug-likeness (QED) is 0.767. The van der Waals surface area contributed by atoms with Crippen molar-refractivity contribution in [3.05, 3.63) is 20.8 Å². The molecular weight excluding hydrogens is 316 g/mol. The molecule has 1 heterocycles. The number of hydrogen-bond acceptors (Lipinski definition) is 4. The van der Waals surface area contributed by atoms with Gasteiger partial charge < -0.3 is 10.0 Å². The van der Waals surface area contributed by atoms with Crippen LogP contribution in [0, 0.1) is 0 Å². The molecule has 0 saturated carbocycles. The van der Waals surface area contributed by atoms with E-state index in [-0.39, 0.29) is 0 Å². The summed E-state index contributed by atoms with van der Waals surface area (Å²) in [6, 6.07) is 3.11. The maximum Gasteiger partial charge on any atom is 0.326 e. The van der Waals surface area contributed by atoms with Crippen molar-refractivity contribution in [1.82, 2.24) is 10.2 Å². The van der Waals surface area contributed by atoms with Crippen LogP contribution in [0.1, 0.15) is 24.8 Å². The van der Waals surface area contributed by atoms with Crippen molar-refractivity contribution in [2.45, 2.75) is 19.9 Å². The Bertz CT molecular complexity index is 380. The van der Waals surface area contributed by atoms with Gasteiger partial charge in [0.2, 0.25) is 0 Å². The molecule has 0 amide bonds. The van der Waals surface area contributed by atoms with Crippen LogP contribution in [0.2, 0.25) is 0 Å². The average Bonchev–Trinajstić information content (AvgIpc) is 2.75. The van der Waals surface area contributed by atoms with Crippen LogP contribution in [0.15, 0.2) is 15.9 Å². The number of likely N-dealkylation sites (N-methyl/N-ethyl adjacent to an activating group) is 1. The van der Waals surface area contributed by atoms with Gasteiger partial charge in [0, 0.05) is 18.0 Å². The largest absolute Gasteiger partial charge is 0.480 e. The third-order valence-corrected chi connectivity index (χ3v) is 4.48. The number of rotatable bonds is 8. The second-order valence-electron chi connectivity index (χ2n) is 3.89. The fraction of sp³-hybridized carbons (Fsp3) is 0.583. The molecule has 0 aromatic carbocycles. The van der Waals surface area contributed by atoms with Gasteiger partial charge in [-0.05, 0) is 41.2 Å². The molecule has 0 radical (unpaired) electrons. The molecule has 4 nitrogen and oxygen atoms in total. The number of halogens is 1. The maximum absolute atomic E-state index is 11.2. The molecule has 0 aliphatic carbocycles. The van der Waals surface area contributed by atoms with E-state index in [2.05, 4.69) is 40.0 Å². The monoisotopic (exact) mass is 334 g/mol. The van der Waals surface area contributed by atoms with Gasteiger partial charge in [-0.25, -0.2) is 0 Å². The number of thiophene rings is 1. The molecule has 1 unspecified atom stereocenters. The number of aliphatic carboxylic acids is 1. The molecular formula is C12H19BrN2O2S. The highest BCUT2D eigenvalue weighted by molar-refractivity contribution is 9.11. The minimum absolute atomic E-state index is 0.614. The number of nitrogens with one attached hydrogen (secondary N) is 1. The average molecular weight is 335 g/mol. The summed E-state index contributed by atoms with van der Waals surface area (Å²) >= 11 is 4.81. The summed E-state index contributed by atoms with van der Waals surface area (Å²) in [5.74, 6) is -0.830. The lowest BCUT2D eigenvalue weighted by molar-refractivity contribution is -0.139. The summed E-state index contributed by atoms with van der Waals surface area (Å²) in [5, 5.41) is 12.3. The summed E-state index contributed by atoms with van der Waals surface area (Å²) < 4.78 is 0.953. The number of carboxylic acid groups (broad SMARTS) is 1. The van der Waals surface area contributed by atoms with E-state index in [1.54, 1.807) is 0 Å². The van der Waals surface area contributed by atoms with Crippen LogP contribution >= 0.6 is 27.3 Å². The minimum Gasteiger partial charge on any atom is -0.480 e. The van der Waals surface area contributed by atoms with Crippen molar-refractivity contribution >= 4 is 33.2 Å². The second kappa shape index (κ2) is 7.89. The molecule has 1 aromatic rings. The van der Waals surface area contributed by atoms with E-state index in [1.807, 2.05) is 12.1 Å². The lowest BCUT2D eigenvalue weighted by atomic mass is 10.2. The first kappa shape index (κ1) is 15.6. The van der Waals surface area contributed by atoms with Gasteiger partial charge >= 0.3 is 5.97 Å². The van der Waals surface area contributed by atoms with Crippen molar-refractivity contribution in [2.75, 3.05) is 26.2 Å². The SMILES string of the molecule is CCN(CC)CCNC(C(=O)O)c1ccc(Br)s1. The van der Waals surface area contributed by atoms with E-state index in [9.17, 15) is 9.90 Å². The Morgan fingerprint density at radius 1 is 1.50 bits per heavy atom. The lowest BCUT2D eigenvalue weighted by Gasteiger charge is -2.20. The van der Waals surface area contributed by atoms with Crippen molar-refractivity contribution in [1.29, 1.82) is 0 Å². The van der Waals surface area contributed by atoms with E-state index < -0.39 is 12.0 Å². The number of nitrogens with zero attached hydrogens (tertiary/aromatic N) is 1. The number of hydrogen-bond donors (Lipinski definition) is 2. The molecule has 0 fully saturated rings. The zero-order chi connectivity index (χ0) is 13.5. The van der Waals surface area contributed by atoms with Gasteiger partial charge in [-0.3, -0.25) is 10.1 Å². The zero-order valence-electron chi connectivity index (χ0n) is 10.6. The van der Waals surface area contributed by atoms with Crippen LogP contribution in [0.5, 0.6) is 0 Å². The fourth-order valence-electron chi connectivity index (χ4n) is 1.70. The van der Waals surface area contributed by atoms with Crippen molar-refractivity contribution in [2.24, 2.45) is 0 Å². The van der Waals surface area contributed by atoms with Gasteiger partial charge in [0.15, 0.2) is 0 Å². The summed E-state index contributed by atoms with van der Waals surface area (Å²) in [6.45, 7) is 7.72. The smallest absolute Gasteiger partial charge is 0.326 e. The van der Waals surface area contributed by atoms with Crippen molar-refractivity contribution in [3.8, 4) is 0 Å². The van der Waals surface area contributed by atoms with E-state index in [0.29, 0.717) is 6.54 Å². The molecule has 0 saturated heterocycles. The van der Waals surface area contributed by atoms with Crippen LogP contribution in [0.4, 0.5) is 0 Å². The number of carboxylic acids is 1. The number of carbonyl (C=O) groups is 1. The second-order valence-corrected chi connectivity index (χ2v) is 6.39. The van der Waals surface area contributed by atoms with Gasteiger partial charge in [0.1, 0.15) is 6.04 Å². The highest BCUT2D eigenvalue weighted by atomic mass is 79.9. The van der Waals surface area contributed by atoms with Crippen LogP contribution in [0.25, 0.3) is 0 Å². The van der Waals surface area contributed by atoms with Crippen LogP contribution < -0.4 is 5.32 Å². The molecule has 18 heavy (non-hydrogen) atoms. The van der Waals surface area contributed by atoms with E-state index >= 15 is 0 Å². The van der Waals surface area contributed by atoms with Crippen LogP contribution in [-0.4, -0.2) is 42.2 Å². The van der Waals surface area contributed by atoms with Gasteiger partial charge in [-0.15, -0.1) is 11.3 Å². The van der Waals surface area contributed by atoms with Crippen LogP contribution in [-0.2, 0) is 4.79 Å². The van der Waals surface area contributed by atoms with Gasteiger partial charge in [-0.2, -0.15) is 0 Å². The fourth-order valence-corrected chi connectivity index (χ4v) is 3.19. The Morgan fingerprint density at radius 3 is 2.61 bits per heavy atom. The maximum atomic E-state index is 11.2. The standard InChI is InChI=1S/C12H19BrN2O2S/c1-3-15(4-2)8-7-14-11(12(16)17)9-5-6-10(13)18-9/h5-6,11,14H,3-4,7-8H2,1-2H3,(H,16,17). The Hall–Kier alpha value is -0.430. The summed E-state index contributed by atoms with van der Waals surface area (Å²) in [5.41, 5.74) is 0. The van der Waals surface area contributed by atoms with E-state index in [0.717, 1.165) is 28.3 Å². The molecule has 102 valence electrons. The first-order chi connectivity index (χ1) is 8.58. The molecule has 0 aliphatic rings. The Kier molecular flexibility index (Phi) is 6.85. The molecule has 0 spiro atoms. The summed E-state index contributed by atoms with van der Waals surface area (Å²) in [6.07, 6.45) is 0. The molecule has 0 aliphatic heterocycles. The normalized spacial score (nSPS) is 12.9. The predicted molar refractivity (Wildman–Crippen MR) is 78.2 cm³/mol. The van der Waals surface area contributed by atoms with Gasteiger partial charge in [-0.1, -0.05) is 13.8 Å². The van der Waals surface area contributed by atoms with E-state index in [1.165, 1.54) is 11.3 Å². The molecule has 1 rings (SSSR count). The van der Waals surface area contributed by atoms with Crippen LogP contribution in [0.3, 0.4) is 0 Å². The molecule has 6 heteroatoms. The lowest BCUT2D eigenvalue weighted by Crippen LogP contribution is -2.36.